The summed E-state index contributed by atoms with van der Waals surface area (Å²) < 4.78 is 0. The van der Waals surface area contributed by atoms with Gasteiger partial charge in [-0.3, -0.25) is 0 Å². The minimum Gasteiger partial charge on any atom is -0.370 e. The molecule has 4 rings (SSSR count). The van der Waals surface area contributed by atoms with E-state index < -0.39 is 0 Å². The van der Waals surface area contributed by atoms with Gasteiger partial charge >= 0.3 is 0 Å². The van der Waals surface area contributed by atoms with Crippen molar-refractivity contribution in [3.8, 4) is 0 Å². The number of nitrogens with zero attached hydrogens (tertiary/aromatic N) is 3. The fourth-order valence-corrected chi connectivity index (χ4v) is 4.07. The number of fused-ring (bicyclic) bond motifs is 1. The first-order valence-electron chi connectivity index (χ1n) is 7.67. The van der Waals surface area contributed by atoms with Crippen molar-refractivity contribution in [2.24, 2.45) is 0 Å². The Kier molecular flexibility index (Phi) is 2.74. The minimum absolute atomic E-state index is 0.482. The van der Waals surface area contributed by atoms with Crippen LogP contribution in [0, 0.1) is 0 Å². The quantitative estimate of drug-likeness (QED) is 0.865. The summed E-state index contributed by atoms with van der Waals surface area (Å²) in [6.45, 7) is 3.57. The molecule has 2 aromatic rings. The van der Waals surface area contributed by atoms with Crippen molar-refractivity contribution in [2.75, 3.05) is 31.6 Å². The SMILES string of the molecule is CN1CCCC12CCN(c1cccc3[nH]cnc13)CC2. The monoisotopic (exact) mass is 270 g/mol. The van der Waals surface area contributed by atoms with E-state index in [1.807, 2.05) is 0 Å². The number of para-hydroxylation sites is 1. The standard InChI is InChI=1S/C16H22N4/c1-19-9-3-6-16(19)7-10-20(11-8-16)14-5-2-4-13-15(14)18-12-17-13/h2,4-5,12H,3,6-11H2,1H3,(H,17,18). The second-order valence-corrected chi connectivity index (χ2v) is 6.31. The van der Waals surface area contributed by atoms with E-state index in [-0.39, 0.29) is 0 Å². The first kappa shape index (κ1) is 12.2. The summed E-state index contributed by atoms with van der Waals surface area (Å²) in [5.41, 5.74) is 4.03. The minimum atomic E-state index is 0.482. The van der Waals surface area contributed by atoms with Crippen molar-refractivity contribution in [2.45, 2.75) is 31.2 Å². The van der Waals surface area contributed by atoms with Crippen molar-refractivity contribution in [1.29, 1.82) is 0 Å². The van der Waals surface area contributed by atoms with Crippen LogP contribution in [0.3, 0.4) is 0 Å². The highest BCUT2D eigenvalue weighted by molar-refractivity contribution is 5.88. The predicted molar refractivity (Wildman–Crippen MR) is 82.1 cm³/mol. The molecule has 4 nitrogen and oxygen atoms in total. The highest BCUT2D eigenvalue weighted by Crippen LogP contribution is 2.39. The number of imidazole rings is 1. The molecule has 1 spiro atoms. The van der Waals surface area contributed by atoms with Gasteiger partial charge in [0.25, 0.3) is 0 Å². The van der Waals surface area contributed by atoms with Gasteiger partial charge < -0.3 is 14.8 Å². The van der Waals surface area contributed by atoms with Gasteiger partial charge in [0.05, 0.1) is 17.5 Å². The van der Waals surface area contributed by atoms with Crippen molar-refractivity contribution in [3.63, 3.8) is 0 Å². The molecule has 1 aromatic heterocycles. The molecule has 0 unspecified atom stereocenters. The highest BCUT2D eigenvalue weighted by atomic mass is 15.2. The third-order valence-corrected chi connectivity index (χ3v) is 5.41. The van der Waals surface area contributed by atoms with Crippen molar-refractivity contribution in [1.82, 2.24) is 14.9 Å². The first-order chi connectivity index (χ1) is 9.78. The van der Waals surface area contributed by atoms with E-state index in [0.29, 0.717) is 5.54 Å². The number of aromatic nitrogens is 2. The van der Waals surface area contributed by atoms with Gasteiger partial charge in [0.1, 0.15) is 5.52 Å². The molecule has 0 saturated carbocycles. The molecule has 1 N–H and O–H groups in total. The van der Waals surface area contributed by atoms with Gasteiger partial charge in [-0.2, -0.15) is 0 Å². The second-order valence-electron chi connectivity index (χ2n) is 6.31. The van der Waals surface area contributed by atoms with Gasteiger partial charge in [-0.15, -0.1) is 0 Å². The summed E-state index contributed by atoms with van der Waals surface area (Å²) in [6, 6.07) is 6.43. The van der Waals surface area contributed by atoms with E-state index in [9.17, 15) is 0 Å². The molecule has 106 valence electrons. The van der Waals surface area contributed by atoms with Gasteiger partial charge in [0.15, 0.2) is 0 Å². The highest BCUT2D eigenvalue weighted by Gasteiger charge is 2.41. The third kappa shape index (κ3) is 1.74. The van der Waals surface area contributed by atoms with E-state index in [0.717, 1.165) is 24.1 Å². The molecule has 2 aliphatic heterocycles. The Morgan fingerprint density at radius 3 is 2.75 bits per heavy atom. The van der Waals surface area contributed by atoms with Gasteiger partial charge in [-0.05, 0) is 51.4 Å². The van der Waals surface area contributed by atoms with Gasteiger partial charge in [-0.1, -0.05) is 6.07 Å². The molecule has 0 atom stereocenters. The van der Waals surface area contributed by atoms with Crippen LogP contribution in [0.25, 0.3) is 11.0 Å². The molecule has 2 saturated heterocycles. The molecule has 2 fully saturated rings. The predicted octanol–water partition coefficient (Wildman–Crippen LogP) is 2.63. The Labute approximate surface area is 119 Å². The molecule has 0 bridgehead atoms. The summed E-state index contributed by atoms with van der Waals surface area (Å²) in [5.74, 6) is 0. The molecule has 3 heterocycles. The zero-order valence-corrected chi connectivity index (χ0v) is 12.1. The van der Waals surface area contributed by atoms with Crippen LogP contribution in [0.15, 0.2) is 24.5 Å². The molecule has 0 aliphatic carbocycles. The lowest BCUT2D eigenvalue weighted by Crippen LogP contribution is -2.50. The number of aromatic amines is 1. The number of benzene rings is 1. The maximum absolute atomic E-state index is 4.49. The maximum Gasteiger partial charge on any atom is 0.112 e. The Balaban J connectivity index is 1.59. The second kappa shape index (κ2) is 4.48. The van der Waals surface area contributed by atoms with Crippen LogP contribution in [-0.2, 0) is 0 Å². The Hall–Kier alpha value is -1.55. The average Bonchev–Trinajstić information content (AvgIpc) is 3.08. The summed E-state index contributed by atoms with van der Waals surface area (Å²) in [4.78, 5) is 12.8. The average molecular weight is 270 g/mol. The summed E-state index contributed by atoms with van der Waals surface area (Å²) in [6.07, 6.45) is 7.11. The van der Waals surface area contributed by atoms with Crippen molar-refractivity contribution >= 4 is 16.7 Å². The largest absolute Gasteiger partial charge is 0.370 e. The van der Waals surface area contributed by atoms with E-state index >= 15 is 0 Å². The number of likely N-dealkylation sites (tertiary alicyclic amines) is 1. The van der Waals surface area contributed by atoms with Crippen LogP contribution in [0.2, 0.25) is 0 Å². The fraction of sp³-hybridized carbons (Fsp3) is 0.562. The summed E-state index contributed by atoms with van der Waals surface area (Å²) in [5, 5.41) is 0. The number of piperidine rings is 1. The van der Waals surface area contributed by atoms with E-state index in [1.165, 1.54) is 37.9 Å². The van der Waals surface area contributed by atoms with Crippen LogP contribution >= 0.6 is 0 Å². The smallest absolute Gasteiger partial charge is 0.112 e. The lowest BCUT2D eigenvalue weighted by molar-refractivity contribution is 0.137. The summed E-state index contributed by atoms with van der Waals surface area (Å²) in [7, 11) is 2.30. The Bertz CT molecular complexity index is 610. The lowest BCUT2D eigenvalue weighted by atomic mass is 9.85. The molecular formula is C16H22N4. The summed E-state index contributed by atoms with van der Waals surface area (Å²) >= 11 is 0. The molecular weight excluding hydrogens is 248 g/mol. The number of H-pyrrole nitrogens is 1. The number of hydrogen-bond acceptors (Lipinski definition) is 3. The van der Waals surface area contributed by atoms with Crippen molar-refractivity contribution < 1.29 is 0 Å². The van der Waals surface area contributed by atoms with Crippen LogP contribution < -0.4 is 4.90 Å². The first-order valence-corrected chi connectivity index (χ1v) is 7.67. The fourth-order valence-electron chi connectivity index (χ4n) is 4.07. The zero-order valence-electron chi connectivity index (χ0n) is 12.1. The molecule has 0 radical (unpaired) electrons. The third-order valence-electron chi connectivity index (χ3n) is 5.41. The number of anilines is 1. The number of nitrogens with one attached hydrogen (secondary N) is 1. The maximum atomic E-state index is 4.49. The van der Waals surface area contributed by atoms with Crippen LogP contribution in [0.4, 0.5) is 5.69 Å². The van der Waals surface area contributed by atoms with E-state index in [4.69, 9.17) is 0 Å². The molecule has 1 aromatic carbocycles. The molecule has 0 amide bonds. The van der Waals surface area contributed by atoms with E-state index in [2.05, 4.69) is 45.0 Å². The zero-order chi connectivity index (χ0) is 13.6. The van der Waals surface area contributed by atoms with Crippen LogP contribution in [0.1, 0.15) is 25.7 Å². The molecule has 20 heavy (non-hydrogen) atoms. The van der Waals surface area contributed by atoms with Gasteiger partial charge in [0.2, 0.25) is 0 Å². The van der Waals surface area contributed by atoms with Crippen LogP contribution in [-0.4, -0.2) is 47.1 Å². The number of rotatable bonds is 1. The lowest BCUT2D eigenvalue weighted by Gasteiger charge is -2.44. The molecule has 4 heteroatoms. The van der Waals surface area contributed by atoms with Gasteiger partial charge in [-0.25, -0.2) is 4.98 Å². The molecule has 2 aliphatic rings. The number of hydrogen-bond donors (Lipinski definition) is 1. The Morgan fingerprint density at radius 2 is 2.00 bits per heavy atom. The normalized spacial score (nSPS) is 22.9. The van der Waals surface area contributed by atoms with Crippen LogP contribution in [0.5, 0.6) is 0 Å². The van der Waals surface area contributed by atoms with E-state index in [1.54, 1.807) is 6.33 Å². The Morgan fingerprint density at radius 1 is 1.15 bits per heavy atom. The van der Waals surface area contributed by atoms with Crippen molar-refractivity contribution in [3.05, 3.63) is 24.5 Å². The topological polar surface area (TPSA) is 35.2 Å². The van der Waals surface area contributed by atoms with Gasteiger partial charge in [0, 0.05) is 18.6 Å².